The van der Waals surface area contributed by atoms with Gasteiger partial charge in [0.25, 0.3) is 0 Å². The lowest BCUT2D eigenvalue weighted by molar-refractivity contribution is 0.593. The summed E-state index contributed by atoms with van der Waals surface area (Å²) in [5.74, 6) is 0. The summed E-state index contributed by atoms with van der Waals surface area (Å²) >= 11 is 1.56. The largest absolute Gasteiger partial charge is 0.347 e. The lowest BCUT2D eigenvalue weighted by Gasteiger charge is -2.06. The average Bonchev–Trinajstić information content (AvgIpc) is 3.14. The smallest absolute Gasteiger partial charge is 0.110 e. The van der Waals surface area contributed by atoms with E-state index in [4.69, 9.17) is 5.26 Å². The molecule has 0 saturated heterocycles. The van der Waals surface area contributed by atoms with E-state index in [2.05, 4.69) is 52.5 Å². The zero-order chi connectivity index (χ0) is 14.5. The number of nitriles is 1. The molecule has 2 aromatic heterocycles. The maximum atomic E-state index is 8.79. The van der Waals surface area contributed by atoms with Gasteiger partial charge in [0.1, 0.15) is 10.9 Å². The van der Waals surface area contributed by atoms with Crippen LogP contribution in [0.15, 0.2) is 48.7 Å². The van der Waals surface area contributed by atoms with Crippen LogP contribution in [0.25, 0.3) is 10.9 Å². The Labute approximate surface area is 128 Å². The zero-order valence-electron chi connectivity index (χ0n) is 11.7. The topological polar surface area (TPSA) is 40.8 Å². The molecule has 0 aliphatic rings. The number of nitrogens with zero attached hydrogens (tertiary/aromatic N) is 2. The van der Waals surface area contributed by atoms with Crippen molar-refractivity contribution >= 4 is 22.2 Å². The van der Waals surface area contributed by atoms with Crippen molar-refractivity contribution in [3.05, 3.63) is 58.4 Å². The van der Waals surface area contributed by atoms with E-state index in [1.807, 2.05) is 12.1 Å². The minimum Gasteiger partial charge on any atom is -0.347 e. The molecule has 3 aromatic rings. The maximum absolute atomic E-state index is 8.79. The van der Waals surface area contributed by atoms with Gasteiger partial charge in [0.05, 0.1) is 0 Å². The molecule has 2 heterocycles. The van der Waals surface area contributed by atoms with E-state index in [1.165, 1.54) is 15.8 Å². The van der Waals surface area contributed by atoms with Crippen molar-refractivity contribution < 1.29 is 0 Å². The summed E-state index contributed by atoms with van der Waals surface area (Å²) in [6.07, 6.45) is 3.25. The molecule has 0 atom stereocenters. The highest BCUT2D eigenvalue weighted by Crippen LogP contribution is 2.16. The monoisotopic (exact) mass is 295 g/mol. The maximum Gasteiger partial charge on any atom is 0.110 e. The van der Waals surface area contributed by atoms with Crippen LogP contribution in [0.4, 0.5) is 0 Å². The van der Waals surface area contributed by atoms with Crippen LogP contribution in [0.3, 0.4) is 0 Å². The van der Waals surface area contributed by atoms with Gasteiger partial charge in [0.15, 0.2) is 0 Å². The first-order valence-electron chi connectivity index (χ1n) is 7.10. The summed E-state index contributed by atoms with van der Waals surface area (Å²) in [6, 6.07) is 16.7. The van der Waals surface area contributed by atoms with E-state index in [9.17, 15) is 0 Å². The highest BCUT2D eigenvalue weighted by atomic mass is 32.1. The number of fused-ring (bicyclic) bond motifs is 1. The highest BCUT2D eigenvalue weighted by molar-refractivity contribution is 7.12. The molecule has 1 aromatic carbocycles. The Hall–Kier alpha value is -2.09. The van der Waals surface area contributed by atoms with Crippen molar-refractivity contribution in [2.45, 2.75) is 19.5 Å². The molecule has 0 radical (unpaired) electrons. The van der Waals surface area contributed by atoms with Crippen LogP contribution in [0.2, 0.25) is 0 Å². The Kier molecular flexibility index (Phi) is 4.34. The van der Waals surface area contributed by atoms with Crippen LogP contribution in [0, 0.1) is 11.3 Å². The second-order valence-electron chi connectivity index (χ2n) is 4.98. The molecule has 106 valence electrons. The van der Waals surface area contributed by atoms with Crippen molar-refractivity contribution in [1.29, 1.82) is 5.26 Å². The number of hydrogen-bond acceptors (Lipinski definition) is 3. The standard InChI is InChI=1S/C17H17N3S/c18-12-15-6-7-16(21-15)13-19-9-3-10-20-11-8-14-4-1-2-5-17(14)20/h1-2,4-8,11,19H,3,9-10,13H2. The van der Waals surface area contributed by atoms with Crippen LogP contribution >= 0.6 is 11.3 Å². The predicted molar refractivity (Wildman–Crippen MR) is 87.3 cm³/mol. The third-order valence-electron chi connectivity index (χ3n) is 3.50. The van der Waals surface area contributed by atoms with Crippen LogP contribution in [0.1, 0.15) is 16.2 Å². The second kappa shape index (κ2) is 6.57. The normalized spacial score (nSPS) is 10.8. The van der Waals surface area contributed by atoms with Gasteiger partial charge in [0.2, 0.25) is 0 Å². The zero-order valence-corrected chi connectivity index (χ0v) is 12.6. The number of rotatable bonds is 6. The van der Waals surface area contributed by atoms with Crippen molar-refractivity contribution in [3.8, 4) is 6.07 Å². The van der Waals surface area contributed by atoms with E-state index < -0.39 is 0 Å². The minimum atomic E-state index is 0.783. The molecule has 0 aliphatic heterocycles. The van der Waals surface area contributed by atoms with Gasteiger partial charge in [-0.2, -0.15) is 5.26 Å². The van der Waals surface area contributed by atoms with Crippen LogP contribution in [-0.2, 0) is 13.1 Å². The van der Waals surface area contributed by atoms with Gasteiger partial charge in [-0.15, -0.1) is 11.3 Å². The third-order valence-corrected chi connectivity index (χ3v) is 4.49. The van der Waals surface area contributed by atoms with Crippen molar-refractivity contribution in [2.75, 3.05) is 6.54 Å². The molecule has 4 heteroatoms. The lowest BCUT2D eigenvalue weighted by atomic mass is 10.2. The number of thiophene rings is 1. The molecule has 3 rings (SSSR count). The Bertz CT molecular complexity index is 764. The molecule has 0 saturated carbocycles. The summed E-state index contributed by atoms with van der Waals surface area (Å²) in [5.41, 5.74) is 1.30. The van der Waals surface area contributed by atoms with Crippen molar-refractivity contribution in [1.82, 2.24) is 9.88 Å². The molecule has 0 amide bonds. The fraction of sp³-hybridized carbons (Fsp3) is 0.235. The fourth-order valence-electron chi connectivity index (χ4n) is 2.45. The Morgan fingerprint density at radius 3 is 2.90 bits per heavy atom. The minimum absolute atomic E-state index is 0.783. The Balaban J connectivity index is 1.45. The SMILES string of the molecule is N#Cc1ccc(CNCCCn2ccc3ccccc32)s1. The quantitative estimate of drug-likeness (QED) is 0.704. The van der Waals surface area contributed by atoms with Gasteiger partial charge in [0, 0.05) is 29.7 Å². The third kappa shape index (κ3) is 3.33. The molecule has 0 fully saturated rings. The lowest BCUT2D eigenvalue weighted by Crippen LogP contribution is -2.15. The molecular formula is C17H17N3S. The Morgan fingerprint density at radius 1 is 1.14 bits per heavy atom. The molecular weight excluding hydrogens is 278 g/mol. The molecule has 0 aliphatic carbocycles. The number of aromatic nitrogens is 1. The van der Waals surface area contributed by atoms with Crippen LogP contribution < -0.4 is 5.32 Å². The first-order chi connectivity index (χ1) is 10.4. The van der Waals surface area contributed by atoms with E-state index in [0.717, 1.165) is 30.9 Å². The first-order valence-corrected chi connectivity index (χ1v) is 7.92. The number of hydrogen-bond donors (Lipinski definition) is 1. The summed E-state index contributed by atoms with van der Waals surface area (Å²) < 4.78 is 2.30. The summed E-state index contributed by atoms with van der Waals surface area (Å²) in [5, 5.41) is 13.5. The molecule has 0 unspecified atom stereocenters. The molecule has 0 spiro atoms. The number of nitrogens with one attached hydrogen (secondary N) is 1. The van der Waals surface area contributed by atoms with E-state index in [1.54, 1.807) is 11.3 Å². The van der Waals surface area contributed by atoms with Crippen LogP contribution in [-0.4, -0.2) is 11.1 Å². The molecule has 0 bridgehead atoms. The number of aryl methyl sites for hydroxylation is 1. The van der Waals surface area contributed by atoms with Gasteiger partial charge in [-0.1, -0.05) is 18.2 Å². The summed E-state index contributed by atoms with van der Waals surface area (Å²) in [6.45, 7) is 2.85. The van der Waals surface area contributed by atoms with Crippen molar-refractivity contribution in [2.24, 2.45) is 0 Å². The first kappa shape index (κ1) is 13.9. The van der Waals surface area contributed by atoms with E-state index >= 15 is 0 Å². The van der Waals surface area contributed by atoms with E-state index in [-0.39, 0.29) is 0 Å². The average molecular weight is 295 g/mol. The summed E-state index contributed by atoms with van der Waals surface area (Å²) in [7, 11) is 0. The predicted octanol–water partition coefficient (Wildman–Crippen LogP) is 3.75. The second-order valence-corrected chi connectivity index (χ2v) is 6.14. The van der Waals surface area contributed by atoms with Gasteiger partial charge in [-0.3, -0.25) is 0 Å². The van der Waals surface area contributed by atoms with Gasteiger partial charge >= 0.3 is 0 Å². The van der Waals surface area contributed by atoms with Crippen LogP contribution in [0.5, 0.6) is 0 Å². The molecule has 1 N–H and O–H groups in total. The molecule has 3 nitrogen and oxygen atoms in total. The van der Waals surface area contributed by atoms with Gasteiger partial charge < -0.3 is 9.88 Å². The van der Waals surface area contributed by atoms with E-state index in [0.29, 0.717) is 0 Å². The number of para-hydroxylation sites is 1. The molecule has 21 heavy (non-hydrogen) atoms. The van der Waals surface area contributed by atoms with Crippen molar-refractivity contribution in [3.63, 3.8) is 0 Å². The van der Waals surface area contributed by atoms with Gasteiger partial charge in [-0.25, -0.2) is 0 Å². The summed E-state index contributed by atoms with van der Waals surface area (Å²) in [4.78, 5) is 2.00. The highest BCUT2D eigenvalue weighted by Gasteiger charge is 2.00. The van der Waals surface area contributed by atoms with Gasteiger partial charge in [-0.05, 0) is 42.6 Å². The fourth-order valence-corrected chi connectivity index (χ4v) is 3.23. The number of benzene rings is 1. The Morgan fingerprint density at radius 2 is 2.05 bits per heavy atom.